The molecule has 0 saturated carbocycles. The van der Waals surface area contributed by atoms with Crippen LogP contribution in [0.15, 0.2) is 40.8 Å². The lowest BCUT2D eigenvalue weighted by atomic mass is 10.2. The van der Waals surface area contributed by atoms with Gasteiger partial charge in [-0.2, -0.15) is 0 Å². The van der Waals surface area contributed by atoms with E-state index in [4.69, 9.17) is 4.42 Å². The van der Waals surface area contributed by atoms with Crippen LogP contribution in [0.2, 0.25) is 0 Å². The molecule has 0 aliphatic carbocycles. The molecule has 0 spiro atoms. The summed E-state index contributed by atoms with van der Waals surface area (Å²) < 4.78 is 19.3. The topological polar surface area (TPSA) is 36.7 Å². The first-order valence-electron chi connectivity index (χ1n) is 7.00. The maximum atomic E-state index is 13.8. The molecule has 0 radical (unpaired) electrons. The molecule has 2 aromatic rings. The molecular formula is C16H17FN2O2. The molecule has 1 aliphatic rings. The number of carbonyl (C=O) groups is 1. The number of rotatable bonds is 3. The highest BCUT2D eigenvalue weighted by molar-refractivity contribution is 5.91. The molecule has 0 N–H and O–H groups in total. The van der Waals surface area contributed by atoms with E-state index in [2.05, 4.69) is 4.90 Å². The van der Waals surface area contributed by atoms with Gasteiger partial charge in [0.15, 0.2) is 17.4 Å². The Bertz CT molecular complexity index is 645. The van der Waals surface area contributed by atoms with Crippen molar-refractivity contribution in [1.82, 2.24) is 0 Å². The van der Waals surface area contributed by atoms with Crippen molar-refractivity contribution in [3.63, 3.8) is 0 Å². The standard InChI is InChI=1S/C16H17FN2O2/c1-12(20)15-6-7-16(21-15)19-10-8-18(9-11-19)14-5-3-2-4-13(14)17/h2-7H,8-11H2,1H3. The number of hydrogen-bond acceptors (Lipinski definition) is 4. The molecule has 1 fully saturated rings. The zero-order chi connectivity index (χ0) is 14.8. The Morgan fingerprint density at radius 2 is 1.71 bits per heavy atom. The molecule has 0 amide bonds. The zero-order valence-corrected chi connectivity index (χ0v) is 11.9. The molecule has 3 rings (SSSR count). The maximum absolute atomic E-state index is 13.8. The molecule has 1 aromatic heterocycles. The van der Waals surface area contributed by atoms with Crippen molar-refractivity contribution in [3.8, 4) is 0 Å². The van der Waals surface area contributed by atoms with Gasteiger partial charge in [-0.25, -0.2) is 4.39 Å². The zero-order valence-electron chi connectivity index (χ0n) is 11.9. The third-order valence-electron chi connectivity index (χ3n) is 3.72. The van der Waals surface area contributed by atoms with Gasteiger partial charge in [0.2, 0.25) is 0 Å². The van der Waals surface area contributed by atoms with Crippen LogP contribution in [0.5, 0.6) is 0 Å². The van der Waals surface area contributed by atoms with Crippen molar-refractivity contribution >= 4 is 17.4 Å². The average molecular weight is 288 g/mol. The number of para-hydroxylation sites is 1. The number of Topliss-reactive ketones (excluding diaryl/α,β-unsaturated/α-hetero) is 1. The van der Waals surface area contributed by atoms with Crippen LogP contribution in [0.4, 0.5) is 16.0 Å². The van der Waals surface area contributed by atoms with Crippen molar-refractivity contribution in [3.05, 3.63) is 48.0 Å². The number of nitrogens with zero attached hydrogens (tertiary/aromatic N) is 2. The van der Waals surface area contributed by atoms with Crippen LogP contribution in [-0.2, 0) is 0 Å². The first-order valence-corrected chi connectivity index (χ1v) is 7.00. The quantitative estimate of drug-likeness (QED) is 0.814. The van der Waals surface area contributed by atoms with Gasteiger partial charge in [-0.05, 0) is 18.2 Å². The minimum atomic E-state index is -0.192. The third kappa shape index (κ3) is 2.77. The van der Waals surface area contributed by atoms with Crippen LogP contribution in [0.1, 0.15) is 17.5 Å². The SMILES string of the molecule is CC(=O)c1ccc(N2CCN(c3ccccc3F)CC2)o1. The van der Waals surface area contributed by atoms with Gasteiger partial charge in [-0.15, -0.1) is 0 Å². The predicted molar refractivity (Wildman–Crippen MR) is 79.5 cm³/mol. The molecule has 2 heterocycles. The summed E-state index contributed by atoms with van der Waals surface area (Å²) in [6.07, 6.45) is 0. The highest BCUT2D eigenvalue weighted by Gasteiger charge is 2.21. The molecule has 110 valence electrons. The Morgan fingerprint density at radius 1 is 1.05 bits per heavy atom. The fourth-order valence-corrected chi connectivity index (χ4v) is 2.56. The van der Waals surface area contributed by atoms with Gasteiger partial charge in [-0.1, -0.05) is 12.1 Å². The van der Waals surface area contributed by atoms with Gasteiger partial charge in [0.1, 0.15) is 5.82 Å². The van der Waals surface area contributed by atoms with E-state index >= 15 is 0 Å². The lowest BCUT2D eigenvalue weighted by Gasteiger charge is -2.36. The van der Waals surface area contributed by atoms with E-state index in [0.717, 1.165) is 26.2 Å². The van der Waals surface area contributed by atoms with Crippen LogP contribution >= 0.6 is 0 Å². The second-order valence-corrected chi connectivity index (χ2v) is 5.12. The summed E-state index contributed by atoms with van der Waals surface area (Å²) in [5.41, 5.74) is 0.640. The monoisotopic (exact) mass is 288 g/mol. The van der Waals surface area contributed by atoms with Crippen LogP contribution < -0.4 is 9.80 Å². The Hall–Kier alpha value is -2.30. The molecule has 0 atom stereocenters. The van der Waals surface area contributed by atoms with Crippen LogP contribution in [0, 0.1) is 5.82 Å². The van der Waals surface area contributed by atoms with E-state index in [1.165, 1.54) is 13.0 Å². The van der Waals surface area contributed by atoms with E-state index in [1.807, 2.05) is 17.0 Å². The van der Waals surface area contributed by atoms with Crippen molar-refractivity contribution in [1.29, 1.82) is 0 Å². The summed E-state index contributed by atoms with van der Waals surface area (Å²) in [4.78, 5) is 15.4. The van der Waals surface area contributed by atoms with Crippen LogP contribution in [0.25, 0.3) is 0 Å². The summed E-state index contributed by atoms with van der Waals surface area (Å²) in [6.45, 7) is 4.39. The number of hydrogen-bond donors (Lipinski definition) is 0. The first kappa shape index (κ1) is 13.7. The minimum absolute atomic E-state index is 0.0776. The number of ketones is 1. The highest BCUT2D eigenvalue weighted by Crippen LogP contribution is 2.24. The summed E-state index contributed by atoms with van der Waals surface area (Å²) >= 11 is 0. The lowest BCUT2D eigenvalue weighted by molar-refractivity contribution is 0.0987. The third-order valence-corrected chi connectivity index (χ3v) is 3.72. The largest absolute Gasteiger partial charge is 0.437 e. The van der Waals surface area contributed by atoms with Gasteiger partial charge < -0.3 is 14.2 Å². The molecule has 0 bridgehead atoms. The Kier molecular flexibility index (Phi) is 3.64. The second kappa shape index (κ2) is 5.60. The first-order chi connectivity index (χ1) is 10.1. The van der Waals surface area contributed by atoms with Gasteiger partial charge in [-0.3, -0.25) is 4.79 Å². The van der Waals surface area contributed by atoms with Gasteiger partial charge in [0, 0.05) is 39.2 Å². The predicted octanol–water partition coefficient (Wildman–Crippen LogP) is 2.95. The Balaban J connectivity index is 1.67. The molecule has 1 aliphatic heterocycles. The van der Waals surface area contributed by atoms with Crippen molar-refractivity contribution in [2.75, 3.05) is 36.0 Å². The Labute approximate surface area is 122 Å². The average Bonchev–Trinajstić information content (AvgIpc) is 2.98. The van der Waals surface area contributed by atoms with Gasteiger partial charge >= 0.3 is 0 Å². The molecule has 1 aromatic carbocycles. The molecule has 1 saturated heterocycles. The smallest absolute Gasteiger partial charge is 0.196 e. The second-order valence-electron chi connectivity index (χ2n) is 5.12. The summed E-state index contributed by atoms with van der Waals surface area (Å²) in [6, 6.07) is 10.3. The summed E-state index contributed by atoms with van der Waals surface area (Å²) in [7, 11) is 0. The van der Waals surface area contributed by atoms with Gasteiger partial charge in [0.05, 0.1) is 5.69 Å². The lowest BCUT2D eigenvalue weighted by Crippen LogP contribution is -2.46. The van der Waals surface area contributed by atoms with E-state index in [0.29, 0.717) is 17.3 Å². The normalized spacial score (nSPS) is 15.3. The van der Waals surface area contributed by atoms with Crippen LogP contribution in [-0.4, -0.2) is 32.0 Å². The highest BCUT2D eigenvalue weighted by atomic mass is 19.1. The molecule has 21 heavy (non-hydrogen) atoms. The maximum Gasteiger partial charge on any atom is 0.196 e. The number of halogens is 1. The molecular weight excluding hydrogens is 271 g/mol. The number of benzene rings is 1. The summed E-state index contributed by atoms with van der Waals surface area (Å²) in [5.74, 6) is 0.809. The fourth-order valence-electron chi connectivity index (χ4n) is 2.56. The minimum Gasteiger partial charge on any atom is -0.437 e. The van der Waals surface area contributed by atoms with Crippen molar-refractivity contribution in [2.24, 2.45) is 0 Å². The number of furan rings is 1. The van der Waals surface area contributed by atoms with E-state index in [-0.39, 0.29) is 11.6 Å². The number of anilines is 2. The fraction of sp³-hybridized carbons (Fsp3) is 0.312. The van der Waals surface area contributed by atoms with Crippen molar-refractivity contribution < 1.29 is 13.6 Å². The molecule has 5 heteroatoms. The molecule has 4 nitrogen and oxygen atoms in total. The molecule has 0 unspecified atom stereocenters. The van der Waals surface area contributed by atoms with Crippen molar-refractivity contribution in [2.45, 2.75) is 6.92 Å². The van der Waals surface area contributed by atoms with Gasteiger partial charge in [0.25, 0.3) is 0 Å². The van der Waals surface area contributed by atoms with E-state index in [1.54, 1.807) is 18.2 Å². The van der Waals surface area contributed by atoms with Crippen LogP contribution in [0.3, 0.4) is 0 Å². The van der Waals surface area contributed by atoms with E-state index in [9.17, 15) is 9.18 Å². The summed E-state index contributed by atoms with van der Waals surface area (Å²) in [5, 5.41) is 0. The van der Waals surface area contributed by atoms with E-state index < -0.39 is 0 Å². The number of piperazine rings is 1. The number of carbonyl (C=O) groups excluding carboxylic acids is 1. The Morgan fingerprint density at radius 3 is 2.33 bits per heavy atom.